The monoisotopic (exact) mass is 410 g/mol. The number of thioether (sulfide) groups is 1. The van der Waals surface area contributed by atoms with E-state index in [1.165, 1.54) is 18.9 Å². The second-order valence-electron chi connectivity index (χ2n) is 5.79. The Hall–Kier alpha value is -3.46. The first-order valence-electron chi connectivity index (χ1n) is 8.50. The highest BCUT2D eigenvalue weighted by Crippen LogP contribution is 2.23. The van der Waals surface area contributed by atoms with Gasteiger partial charge >= 0.3 is 6.09 Å². The Bertz CT molecular complexity index is 1070. The van der Waals surface area contributed by atoms with Crippen molar-refractivity contribution in [2.45, 2.75) is 6.92 Å². The highest BCUT2D eigenvalue weighted by molar-refractivity contribution is 8.15. The molecule has 1 amide bonds. The fourth-order valence-corrected chi connectivity index (χ4v) is 2.97. The number of aromatic nitrogens is 2. The van der Waals surface area contributed by atoms with Crippen LogP contribution in [0.1, 0.15) is 11.5 Å². The van der Waals surface area contributed by atoms with Gasteiger partial charge in [-0.1, -0.05) is 17.3 Å². The Morgan fingerprint density at radius 1 is 1.21 bits per heavy atom. The Kier molecular flexibility index (Phi) is 6.40. The van der Waals surface area contributed by atoms with Gasteiger partial charge in [0.05, 0.1) is 12.8 Å². The number of phenolic OH excluding ortho intramolecular Hbond substituents is 1. The molecular formula is C20H18N4O4S. The van der Waals surface area contributed by atoms with E-state index in [0.29, 0.717) is 33.7 Å². The normalized spacial score (nSPS) is 12.1. The summed E-state index contributed by atoms with van der Waals surface area (Å²) in [5.41, 5.74) is 2.45. The number of methoxy groups -OCH3 is 1. The number of hydrogen-bond acceptors (Lipinski definition) is 8. The highest BCUT2D eigenvalue weighted by atomic mass is 32.2. The molecule has 8 nitrogen and oxygen atoms in total. The molecule has 148 valence electrons. The maximum atomic E-state index is 11.7. The molecular weight excluding hydrogens is 392 g/mol. The lowest BCUT2D eigenvalue weighted by Crippen LogP contribution is -2.14. The summed E-state index contributed by atoms with van der Waals surface area (Å²) in [5.74, 6) is 1.05. The summed E-state index contributed by atoms with van der Waals surface area (Å²) in [4.78, 5) is 24.5. The van der Waals surface area contributed by atoms with Gasteiger partial charge in [-0.3, -0.25) is 0 Å². The third-order valence-electron chi connectivity index (χ3n) is 3.78. The lowest BCUT2D eigenvalue weighted by atomic mass is 10.1. The van der Waals surface area contributed by atoms with Crippen molar-refractivity contribution >= 4 is 34.3 Å². The van der Waals surface area contributed by atoms with Gasteiger partial charge in [0.15, 0.2) is 0 Å². The highest BCUT2D eigenvalue weighted by Gasteiger charge is 2.15. The van der Waals surface area contributed by atoms with Crippen molar-refractivity contribution < 1.29 is 19.2 Å². The van der Waals surface area contributed by atoms with Crippen molar-refractivity contribution in [3.8, 4) is 17.1 Å². The number of aromatic hydroxyl groups is 1. The lowest BCUT2D eigenvalue weighted by molar-refractivity contribution is 0.183. The molecule has 0 radical (unpaired) electrons. The van der Waals surface area contributed by atoms with E-state index >= 15 is 0 Å². The van der Waals surface area contributed by atoms with E-state index in [0.717, 1.165) is 5.56 Å². The van der Waals surface area contributed by atoms with E-state index < -0.39 is 6.09 Å². The van der Waals surface area contributed by atoms with Crippen molar-refractivity contribution in [3.05, 3.63) is 60.0 Å². The van der Waals surface area contributed by atoms with Crippen LogP contribution in [0.4, 0.5) is 10.5 Å². The van der Waals surface area contributed by atoms with Crippen molar-refractivity contribution in [1.82, 2.24) is 10.1 Å². The molecule has 0 bridgehead atoms. The minimum absolute atomic E-state index is 0.0801. The van der Waals surface area contributed by atoms with Crippen LogP contribution in [-0.2, 0) is 4.74 Å². The summed E-state index contributed by atoms with van der Waals surface area (Å²) in [6.45, 7) is 1.72. The van der Waals surface area contributed by atoms with E-state index in [4.69, 9.17) is 4.52 Å². The van der Waals surface area contributed by atoms with Crippen LogP contribution in [0.2, 0.25) is 0 Å². The van der Waals surface area contributed by atoms with Gasteiger partial charge in [-0.05, 0) is 42.7 Å². The van der Waals surface area contributed by atoms with Gasteiger partial charge in [-0.25, -0.2) is 9.79 Å². The zero-order chi connectivity index (χ0) is 20.8. The fourth-order valence-electron chi connectivity index (χ4n) is 2.44. The van der Waals surface area contributed by atoms with Crippen LogP contribution in [0.5, 0.6) is 5.75 Å². The standard InChI is InChI=1S/C20H18N4O4S/c1-12-21-18(24-28-12)13-7-9-15(10-8-13)22-17(14-5-4-6-16(25)11-14)19(29-3)23-20(26)27-2/h4-11,25H,1-3H3/b22-17+,23-19-. The SMILES string of the molecule is COC(=O)/N=C(SC)/C(=N/c1ccc(-c2noc(C)n2)cc1)c1cccc(O)c1. The van der Waals surface area contributed by atoms with E-state index in [2.05, 4.69) is 24.9 Å². The molecule has 0 spiro atoms. The summed E-state index contributed by atoms with van der Waals surface area (Å²) in [7, 11) is 1.26. The molecule has 0 aliphatic carbocycles. The first kappa shape index (κ1) is 20.3. The van der Waals surface area contributed by atoms with Crippen LogP contribution in [0.25, 0.3) is 11.4 Å². The van der Waals surface area contributed by atoms with Gasteiger partial charge < -0.3 is 14.4 Å². The molecule has 29 heavy (non-hydrogen) atoms. The number of carbonyl (C=O) groups excluding carboxylic acids is 1. The van der Waals surface area contributed by atoms with Gasteiger partial charge in [-0.15, -0.1) is 11.8 Å². The topological polar surface area (TPSA) is 110 Å². The average molecular weight is 410 g/mol. The molecule has 0 aliphatic heterocycles. The number of nitrogens with zero attached hydrogens (tertiary/aromatic N) is 4. The van der Waals surface area contributed by atoms with Crippen LogP contribution in [0.15, 0.2) is 63.0 Å². The molecule has 1 N–H and O–H groups in total. The predicted octanol–water partition coefficient (Wildman–Crippen LogP) is 4.40. The fraction of sp³-hybridized carbons (Fsp3) is 0.150. The molecule has 0 fully saturated rings. The second kappa shape index (κ2) is 9.16. The van der Waals surface area contributed by atoms with E-state index in [9.17, 15) is 9.90 Å². The third kappa shape index (κ3) is 5.08. The Balaban J connectivity index is 2.04. The summed E-state index contributed by atoms with van der Waals surface area (Å²) < 4.78 is 9.64. The predicted molar refractivity (Wildman–Crippen MR) is 112 cm³/mol. The van der Waals surface area contributed by atoms with Gasteiger partial charge in [0.2, 0.25) is 11.7 Å². The molecule has 9 heteroatoms. The summed E-state index contributed by atoms with van der Waals surface area (Å²) >= 11 is 1.25. The van der Waals surface area contributed by atoms with Crippen LogP contribution in [0, 0.1) is 6.92 Å². The quantitative estimate of drug-likeness (QED) is 0.501. The summed E-state index contributed by atoms with van der Waals surface area (Å²) in [5, 5.41) is 14.1. The van der Waals surface area contributed by atoms with Crippen LogP contribution in [-0.4, -0.2) is 45.5 Å². The first-order valence-corrected chi connectivity index (χ1v) is 9.72. The van der Waals surface area contributed by atoms with Gasteiger partial charge in [0.25, 0.3) is 0 Å². The van der Waals surface area contributed by atoms with E-state index in [1.807, 2.05) is 12.1 Å². The maximum Gasteiger partial charge on any atom is 0.434 e. The number of phenols is 1. The molecule has 0 aliphatic rings. The minimum atomic E-state index is -0.731. The molecule has 0 unspecified atom stereocenters. The number of carbonyl (C=O) groups is 1. The summed E-state index contributed by atoms with van der Waals surface area (Å²) in [6.07, 6.45) is 1.05. The van der Waals surface area contributed by atoms with Crippen LogP contribution in [0.3, 0.4) is 0 Å². The molecule has 1 heterocycles. The van der Waals surface area contributed by atoms with Crippen molar-refractivity contribution in [2.24, 2.45) is 9.98 Å². The molecule has 3 rings (SSSR count). The molecule has 1 aromatic heterocycles. The van der Waals surface area contributed by atoms with Crippen LogP contribution >= 0.6 is 11.8 Å². The zero-order valence-corrected chi connectivity index (χ0v) is 16.8. The Morgan fingerprint density at radius 2 is 1.97 bits per heavy atom. The second-order valence-corrected chi connectivity index (χ2v) is 6.58. The Labute approximate surface area is 171 Å². The average Bonchev–Trinajstić information content (AvgIpc) is 3.17. The van der Waals surface area contributed by atoms with Crippen molar-refractivity contribution in [3.63, 3.8) is 0 Å². The molecule has 2 aromatic carbocycles. The molecule has 3 aromatic rings. The number of amides is 1. The van der Waals surface area contributed by atoms with Gasteiger partial charge in [0, 0.05) is 18.1 Å². The number of benzene rings is 2. The molecule has 0 saturated heterocycles. The van der Waals surface area contributed by atoms with E-state index in [-0.39, 0.29) is 5.75 Å². The number of aliphatic imine (C=N–C) groups is 2. The third-order valence-corrected chi connectivity index (χ3v) is 4.45. The number of hydrogen-bond donors (Lipinski definition) is 1. The lowest BCUT2D eigenvalue weighted by Gasteiger charge is -2.09. The molecule has 0 saturated carbocycles. The van der Waals surface area contributed by atoms with Crippen molar-refractivity contribution in [1.29, 1.82) is 0 Å². The van der Waals surface area contributed by atoms with E-state index in [1.54, 1.807) is 49.6 Å². The smallest absolute Gasteiger partial charge is 0.434 e. The largest absolute Gasteiger partial charge is 0.508 e. The van der Waals surface area contributed by atoms with Gasteiger partial charge in [-0.2, -0.15) is 9.98 Å². The van der Waals surface area contributed by atoms with Gasteiger partial charge in [0.1, 0.15) is 16.5 Å². The first-order chi connectivity index (χ1) is 14.0. The number of aryl methyl sites for hydroxylation is 1. The van der Waals surface area contributed by atoms with Crippen LogP contribution < -0.4 is 0 Å². The molecule has 0 atom stereocenters. The summed E-state index contributed by atoms with van der Waals surface area (Å²) in [6, 6.07) is 13.8. The maximum absolute atomic E-state index is 11.7. The Morgan fingerprint density at radius 3 is 2.55 bits per heavy atom. The number of ether oxygens (including phenoxy) is 1. The number of rotatable bonds is 4. The zero-order valence-electron chi connectivity index (χ0n) is 16.0. The van der Waals surface area contributed by atoms with Crippen molar-refractivity contribution in [2.75, 3.05) is 13.4 Å². The minimum Gasteiger partial charge on any atom is -0.508 e.